The van der Waals surface area contributed by atoms with Crippen molar-refractivity contribution < 1.29 is 18.4 Å². The second-order valence-corrected chi connectivity index (χ2v) is 9.53. The fourth-order valence-corrected chi connectivity index (χ4v) is 5.03. The fourth-order valence-electron chi connectivity index (χ4n) is 5.03. The second kappa shape index (κ2) is 8.31. The summed E-state index contributed by atoms with van der Waals surface area (Å²) in [7, 11) is 0. The first-order valence-corrected chi connectivity index (χ1v) is 11.8. The zero-order valence-corrected chi connectivity index (χ0v) is 18.4. The van der Waals surface area contributed by atoms with E-state index in [-0.39, 0.29) is 12.1 Å². The predicted octanol–water partition coefficient (Wildman–Crippen LogP) is 4.62. The molecule has 170 valence electrons. The van der Waals surface area contributed by atoms with Gasteiger partial charge in [-0.2, -0.15) is 4.98 Å². The highest BCUT2D eigenvalue weighted by Crippen LogP contribution is 2.41. The maximum absolute atomic E-state index is 6.27. The standard InChI is InChI=1S/C24H30N4O4/c1-15(25-23-8-9-31-27-23)13-29-20-10-17-4-5-18(11-20)28(17)24-26-21-7-6-19(12-22(21)32-24)30-14-16-2-3-16/h6-9,12,15-18,20H,2-5,10-11,13-14H2,1H3,(H,25,27). The molecule has 2 bridgehead atoms. The van der Waals surface area contributed by atoms with Gasteiger partial charge in [-0.25, -0.2) is 0 Å². The van der Waals surface area contributed by atoms with Crippen molar-refractivity contribution in [2.45, 2.75) is 69.7 Å². The van der Waals surface area contributed by atoms with Crippen molar-refractivity contribution >= 4 is 22.9 Å². The summed E-state index contributed by atoms with van der Waals surface area (Å²) in [6, 6.07) is 9.54. The molecule has 2 aromatic heterocycles. The molecule has 3 aliphatic rings. The van der Waals surface area contributed by atoms with Gasteiger partial charge in [-0.3, -0.25) is 0 Å². The summed E-state index contributed by atoms with van der Waals surface area (Å²) in [4.78, 5) is 7.19. The summed E-state index contributed by atoms with van der Waals surface area (Å²) in [5, 5.41) is 7.20. The van der Waals surface area contributed by atoms with Crippen molar-refractivity contribution in [3.8, 4) is 5.75 Å². The lowest BCUT2D eigenvalue weighted by molar-refractivity contribution is 0.0226. The quantitative estimate of drug-likeness (QED) is 0.518. The highest BCUT2D eigenvalue weighted by molar-refractivity contribution is 5.76. The van der Waals surface area contributed by atoms with Gasteiger partial charge < -0.3 is 28.6 Å². The molecule has 4 heterocycles. The highest BCUT2D eigenvalue weighted by Gasteiger charge is 2.43. The molecule has 3 unspecified atom stereocenters. The monoisotopic (exact) mass is 438 g/mol. The Morgan fingerprint density at radius 3 is 2.75 bits per heavy atom. The zero-order valence-electron chi connectivity index (χ0n) is 18.4. The second-order valence-electron chi connectivity index (χ2n) is 9.53. The Morgan fingerprint density at radius 1 is 1.16 bits per heavy atom. The molecule has 0 amide bonds. The van der Waals surface area contributed by atoms with Gasteiger partial charge in [0.05, 0.1) is 19.3 Å². The molecule has 1 aliphatic carbocycles. The zero-order chi connectivity index (χ0) is 21.5. The van der Waals surface area contributed by atoms with Crippen molar-refractivity contribution in [2.75, 3.05) is 23.4 Å². The third kappa shape index (κ3) is 4.16. The minimum absolute atomic E-state index is 0.171. The van der Waals surface area contributed by atoms with E-state index >= 15 is 0 Å². The first-order valence-electron chi connectivity index (χ1n) is 11.8. The molecule has 3 atom stereocenters. The van der Waals surface area contributed by atoms with Crippen LogP contribution in [0, 0.1) is 5.92 Å². The van der Waals surface area contributed by atoms with Crippen LogP contribution < -0.4 is 15.0 Å². The van der Waals surface area contributed by atoms with Crippen LogP contribution in [0.2, 0.25) is 0 Å². The first-order chi connectivity index (χ1) is 15.7. The average Bonchev–Trinajstić information content (AvgIpc) is 3.18. The Labute approximate surface area is 187 Å². The minimum Gasteiger partial charge on any atom is -0.493 e. The number of nitrogens with zero attached hydrogens (tertiary/aromatic N) is 3. The molecule has 2 aliphatic heterocycles. The molecule has 6 rings (SSSR count). The average molecular weight is 439 g/mol. The third-order valence-corrected chi connectivity index (χ3v) is 6.86. The lowest BCUT2D eigenvalue weighted by Gasteiger charge is -2.38. The van der Waals surface area contributed by atoms with Gasteiger partial charge in [0.2, 0.25) is 0 Å². The van der Waals surface area contributed by atoms with Gasteiger partial charge in [-0.1, -0.05) is 5.16 Å². The summed E-state index contributed by atoms with van der Waals surface area (Å²) in [5.41, 5.74) is 1.70. The number of hydrogen-bond acceptors (Lipinski definition) is 8. The Hall–Kier alpha value is -2.74. The summed E-state index contributed by atoms with van der Waals surface area (Å²) < 4.78 is 23.3. The molecule has 8 nitrogen and oxygen atoms in total. The van der Waals surface area contributed by atoms with Gasteiger partial charge in [-0.15, -0.1) is 0 Å². The van der Waals surface area contributed by atoms with Crippen LogP contribution >= 0.6 is 0 Å². The molecule has 2 saturated heterocycles. The Bertz CT molecular complexity index is 1030. The number of fused-ring (bicyclic) bond motifs is 3. The van der Waals surface area contributed by atoms with Gasteiger partial charge in [-0.05, 0) is 63.5 Å². The topological polar surface area (TPSA) is 85.8 Å². The predicted molar refractivity (Wildman–Crippen MR) is 120 cm³/mol. The van der Waals surface area contributed by atoms with Crippen LogP contribution in [0.15, 0.2) is 39.5 Å². The van der Waals surface area contributed by atoms with Crippen LogP contribution in [0.1, 0.15) is 45.4 Å². The SMILES string of the molecule is CC(COC1CC2CCC(C1)N2c1nc2ccc(OCC3CC3)cc2o1)Nc1ccon1. The normalized spacial score (nSPS) is 25.9. The highest BCUT2D eigenvalue weighted by atomic mass is 16.5. The molecule has 8 heteroatoms. The van der Waals surface area contributed by atoms with Gasteiger partial charge in [0.25, 0.3) is 6.01 Å². The molecule has 1 saturated carbocycles. The first kappa shape index (κ1) is 19.9. The summed E-state index contributed by atoms with van der Waals surface area (Å²) in [6.45, 7) is 3.54. The van der Waals surface area contributed by atoms with Crippen LogP contribution in [0.3, 0.4) is 0 Å². The molecule has 1 aromatic carbocycles. The molecule has 3 fully saturated rings. The lowest BCUT2D eigenvalue weighted by Crippen LogP contribution is -2.46. The van der Waals surface area contributed by atoms with Crippen LogP contribution in [0.5, 0.6) is 5.75 Å². The van der Waals surface area contributed by atoms with E-state index < -0.39 is 0 Å². The van der Waals surface area contributed by atoms with Gasteiger partial charge in [0, 0.05) is 30.3 Å². The van der Waals surface area contributed by atoms with Crippen molar-refractivity contribution in [1.29, 1.82) is 0 Å². The van der Waals surface area contributed by atoms with Gasteiger partial charge in [0.1, 0.15) is 17.5 Å². The van der Waals surface area contributed by atoms with Gasteiger partial charge >= 0.3 is 0 Å². The van der Waals surface area contributed by atoms with E-state index in [1.54, 1.807) is 6.26 Å². The summed E-state index contributed by atoms with van der Waals surface area (Å²) in [5.74, 6) is 2.35. The number of benzene rings is 1. The number of nitrogens with one attached hydrogen (secondary N) is 1. The number of anilines is 2. The van der Waals surface area contributed by atoms with Crippen molar-refractivity contribution in [3.05, 3.63) is 30.5 Å². The van der Waals surface area contributed by atoms with Gasteiger partial charge in [0.15, 0.2) is 11.4 Å². The molecule has 0 spiro atoms. The van der Waals surface area contributed by atoms with E-state index in [1.165, 1.54) is 12.8 Å². The number of hydrogen-bond donors (Lipinski definition) is 1. The Morgan fingerprint density at radius 2 is 2.00 bits per heavy atom. The van der Waals surface area contributed by atoms with Crippen LogP contribution in [-0.2, 0) is 4.74 Å². The van der Waals surface area contributed by atoms with E-state index in [4.69, 9.17) is 23.4 Å². The Balaban J connectivity index is 1.08. The molecule has 0 radical (unpaired) electrons. The fraction of sp³-hybridized carbons (Fsp3) is 0.583. The van der Waals surface area contributed by atoms with Crippen molar-refractivity contribution in [1.82, 2.24) is 10.1 Å². The van der Waals surface area contributed by atoms with E-state index in [1.807, 2.05) is 24.3 Å². The maximum Gasteiger partial charge on any atom is 0.298 e. The molecular weight excluding hydrogens is 408 g/mol. The smallest absolute Gasteiger partial charge is 0.298 e. The molecule has 1 N–H and O–H groups in total. The molecule has 3 aromatic rings. The van der Waals surface area contributed by atoms with E-state index in [0.717, 1.165) is 66.9 Å². The van der Waals surface area contributed by atoms with Crippen LogP contribution in [0.4, 0.5) is 11.8 Å². The minimum atomic E-state index is 0.171. The Kier molecular flexibility index (Phi) is 5.17. The number of ether oxygens (including phenoxy) is 2. The van der Waals surface area contributed by atoms with E-state index in [0.29, 0.717) is 18.7 Å². The van der Waals surface area contributed by atoms with Crippen LogP contribution in [0.25, 0.3) is 11.1 Å². The molecular formula is C24H30N4O4. The van der Waals surface area contributed by atoms with Crippen molar-refractivity contribution in [3.63, 3.8) is 0 Å². The van der Waals surface area contributed by atoms with Crippen LogP contribution in [-0.4, -0.2) is 47.6 Å². The summed E-state index contributed by atoms with van der Waals surface area (Å²) >= 11 is 0. The van der Waals surface area contributed by atoms with E-state index in [2.05, 4.69) is 22.3 Å². The van der Waals surface area contributed by atoms with E-state index in [9.17, 15) is 0 Å². The largest absolute Gasteiger partial charge is 0.493 e. The maximum atomic E-state index is 6.27. The van der Waals surface area contributed by atoms with Crippen molar-refractivity contribution in [2.24, 2.45) is 5.92 Å². The number of rotatable bonds is 9. The lowest BCUT2D eigenvalue weighted by atomic mass is 10.0. The summed E-state index contributed by atoms with van der Waals surface area (Å²) in [6.07, 6.45) is 8.72. The third-order valence-electron chi connectivity index (χ3n) is 6.86. The number of piperidine rings is 1. The number of oxazole rings is 1. The number of aromatic nitrogens is 2. The molecule has 32 heavy (non-hydrogen) atoms.